The fraction of sp³-hybridized carbons (Fsp3) is 0.333. The third-order valence-electron chi connectivity index (χ3n) is 1.61. The predicted molar refractivity (Wildman–Crippen MR) is 58.4 cm³/mol. The highest BCUT2D eigenvalue weighted by Gasteiger charge is 2.14. The summed E-state index contributed by atoms with van der Waals surface area (Å²) in [6.45, 7) is 2.26. The van der Waals surface area contributed by atoms with Crippen molar-refractivity contribution < 1.29 is 13.2 Å². The van der Waals surface area contributed by atoms with Crippen LogP contribution in [0.3, 0.4) is 0 Å². The lowest BCUT2D eigenvalue weighted by Gasteiger charge is -2.08. The zero-order valence-electron chi connectivity index (χ0n) is 7.95. The molecule has 0 aliphatic carbocycles. The van der Waals surface area contributed by atoms with Crippen molar-refractivity contribution in [2.75, 3.05) is 12.9 Å². The van der Waals surface area contributed by atoms with E-state index >= 15 is 0 Å². The molecule has 0 amide bonds. The summed E-state index contributed by atoms with van der Waals surface area (Å²) < 4.78 is 28.7. The number of hydrogen-bond donors (Lipinski definition) is 0. The van der Waals surface area contributed by atoms with Crippen LogP contribution in [0.5, 0.6) is 5.75 Å². The van der Waals surface area contributed by atoms with Crippen LogP contribution in [0.4, 0.5) is 0 Å². The molecule has 0 saturated carbocycles. The second-order valence-electron chi connectivity index (χ2n) is 2.80. The molecule has 0 spiro atoms. The molecule has 1 aromatic carbocycles. The molecule has 1 rings (SSSR count). The molecule has 0 aliphatic rings. The average molecular weight is 279 g/mol. The molecule has 0 radical (unpaired) electrons. The van der Waals surface area contributed by atoms with Crippen LogP contribution in [0.2, 0.25) is 0 Å². The molecule has 5 heteroatoms. The van der Waals surface area contributed by atoms with E-state index in [4.69, 9.17) is 4.74 Å². The van der Waals surface area contributed by atoms with E-state index in [0.717, 1.165) is 4.47 Å². The summed E-state index contributed by atoms with van der Waals surface area (Å²) >= 11 is 3.26. The van der Waals surface area contributed by atoms with Gasteiger partial charge in [-0.3, -0.25) is 0 Å². The first-order valence-electron chi connectivity index (χ1n) is 4.07. The van der Waals surface area contributed by atoms with Gasteiger partial charge in [-0.05, 0) is 25.1 Å². The molecule has 0 bridgehead atoms. The summed E-state index contributed by atoms with van der Waals surface area (Å²) in [6, 6.07) is 4.86. The van der Waals surface area contributed by atoms with Crippen LogP contribution in [0.1, 0.15) is 6.92 Å². The van der Waals surface area contributed by atoms with Crippen LogP contribution in [0.25, 0.3) is 0 Å². The molecular formula is C9H11BrO3S. The third-order valence-corrected chi connectivity index (χ3v) is 3.23. The van der Waals surface area contributed by atoms with Crippen molar-refractivity contribution in [3.63, 3.8) is 0 Å². The summed E-state index contributed by atoms with van der Waals surface area (Å²) in [5.41, 5.74) is 0. The molecule has 0 saturated heterocycles. The van der Waals surface area contributed by atoms with Crippen LogP contribution in [-0.4, -0.2) is 21.3 Å². The first-order chi connectivity index (χ1) is 6.45. The number of hydrogen-bond acceptors (Lipinski definition) is 3. The second kappa shape index (κ2) is 4.31. The number of ether oxygens (including phenoxy) is 1. The molecule has 1 aromatic rings. The van der Waals surface area contributed by atoms with Crippen LogP contribution >= 0.6 is 15.9 Å². The molecule has 0 aliphatic heterocycles. The van der Waals surface area contributed by atoms with Gasteiger partial charge in [0.2, 0.25) is 0 Å². The topological polar surface area (TPSA) is 43.4 Å². The molecule has 0 N–H and O–H groups in total. The molecule has 0 heterocycles. The third kappa shape index (κ3) is 2.72. The number of benzene rings is 1. The standard InChI is InChI=1S/C9H11BrO3S/c1-3-13-8-6-7(10)4-5-9(8)14(2,11)12/h4-6H,3H2,1-2H3. The van der Waals surface area contributed by atoms with Crippen LogP contribution in [0.15, 0.2) is 27.6 Å². The van der Waals surface area contributed by atoms with Gasteiger partial charge >= 0.3 is 0 Å². The highest BCUT2D eigenvalue weighted by Crippen LogP contribution is 2.27. The smallest absolute Gasteiger partial charge is 0.179 e. The lowest BCUT2D eigenvalue weighted by Crippen LogP contribution is -2.02. The summed E-state index contributed by atoms with van der Waals surface area (Å²) in [7, 11) is -3.22. The normalized spacial score (nSPS) is 11.4. The van der Waals surface area contributed by atoms with E-state index < -0.39 is 9.84 Å². The quantitative estimate of drug-likeness (QED) is 0.852. The lowest BCUT2D eigenvalue weighted by molar-refractivity contribution is 0.331. The molecular weight excluding hydrogens is 268 g/mol. The van der Waals surface area contributed by atoms with Crippen molar-refractivity contribution in [1.29, 1.82) is 0 Å². The molecule has 0 unspecified atom stereocenters. The SMILES string of the molecule is CCOc1cc(Br)ccc1S(C)(=O)=O. The first-order valence-corrected chi connectivity index (χ1v) is 6.76. The summed E-state index contributed by atoms with van der Waals surface area (Å²) in [5, 5.41) is 0. The van der Waals surface area contributed by atoms with Crippen molar-refractivity contribution in [1.82, 2.24) is 0 Å². The lowest BCUT2D eigenvalue weighted by atomic mass is 10.3. The van der Waals surface area contributed by atoms with E-state index in [9.17, 15) is 8.42 Å². The summed E-state index contributed by atoms with van der Waals surface area (Å²) in [6.07, 6.45) is 1.17. The van der Waals surface area contributed by atoms with E-state index in [2.05, 4.69) is 15.9 Å². The zero-order chi connectivity index (χ0) is 10.8. The minimum atomic E-state index is -3.22. The number of rotatable bonds is 3. The maximum absolute atomic E-state index is 11.3. The minimum absolute atomic E-state index is 0.225. The van der Waals surface area contributed by atoms with E-state index in [1.54, 1.807) is 12.1 Å². The maximum atomic E-state index is 11.3. The van der Waals surface area contributed by atoms with Crippen LogP contribution < -0.4 is 4.74 Å². The Labute approximate surface area is 92.1 Å². The van der Waals surface area contributed by atoms with Crippen molar-refractivity contribution in [2.24, 2.45) is 0 Å². The monoisotopic (exact) mass is 278 g/mol. The fourth-order valence-corrected chi connectivity index (χ4v) is 2.20. The van der Waals surface area contributed by atoms with Crippen molar-refractivity contribution in [2.45, 2.75) is 11.8 Å². The maximum Gasteiger partial charge on any atom is 0.179 e. The Bertz CT molecular complexity index is 426. The Kier molecular flexibility index (Phi) is 3.55. The Morgan fingerprint density at radius 3 is 2.57 bits per heavy atom. The van der Waals surface area contributed by atoms with Gasteiger partial charge in [-0.15, -0.1) is 0 Å². The molecule has 0 atom stereocenters. The van der Waals surface area contributed by atoms with Gasteiger partial charge in [-0.1, -0.05) is 15.9 Å². The van der Waals surface area contributed by atoms with Gasteiger partial charge < -0.3 is 4.74 Å². The molecule has 0 aromatic heterocycles. The second-order valence-corrected chi connectivity index (χ2v) is 5.70. The van der Waals surface area contributed by atoms with Crippen molar-refractivity contribution in [3.8, 4) is 5.75 Å². The van der Waals surface area contributed by atoms with E-state index in [1.807, 2.05) is 6.92 Å². The fourth-order valence-electron chi connectivity index (χ4n) is 1.06. The Morgan fingerprint density at radius 2 is 2.07 bits per heavy atom. The summed E-state index contributed by atoms with van der Waals surface area (Å²) in [4.78, 5) is 0.225. The van der Waals surface area contributed by atoms with Gasteiger partial charge in [0.15, 0.2) is 9.84 Å². The molecule has 0 fully saturated rings. The van der Waals surface area contributed by atoms with Gasteiger partial charge in [-0.2, -0.15) is 0 Å². The molecule has 14 heavy (non-hydrogen) atoms. The van der Waals surface area contributed by atoms with Crippen molar-refractivity contribution >= 4 is 25.8 Å². The van der Waals surface area contributed by atoms with E-state index in [1.165, 1.54) is 12.3 Å². The Balaban J connectivity index is 3.29. The van der Waals surface area contributed by atoms with Gasteiger partial charge in [0.05, 0.1) is 6.61 Å². The van der Waals surface area contributed by atoms with E-state index in [0.29, 0.717) is 12.4 Å². The highest BCUT2D eigenvalue weighted by atomic mass is 79.9. The van der Waals surface area contributed by atoms with Crippen molar-refractivity contribution in [3.05, 3.63) is 22.7 Å². The van der Waals surface area contributed by atoms with Gasteiger partial charge in [0.25, 0.3) is 0 Å². The highest BCUT2D eigenvalue weighted by molar-refractivity contribution is 9.10. The predicted octanol–water partition coefficient (Wildman–Crippen LogP) is 2.25. The van der Waals surface area contributed by atoms with Gasteiger partial charge in [-0.25, -0.2) is 8.42 Å². The molecule has 3 nitrogen and oxygen atoms in total. The van der Waals surface area contributed by atoms with Crippen LogP contribution in [0, 0.1) is 0 Å². The Hall–Kier alpha value is -0.550. The van der Waals surface area contributed by atoms with E-state index in [-0.39, 0.29) is 4.90 Å². The number of sulfone groups is 1. The number of halogens is 1. The van der Waals surface area contributed by atoms with Gasteiger partial charge in [0.1, 0.15) is 10.6 Å². The first kappa shape index (κ1) is 11.5. The minimum Gasteiger partial charge on any atom is -0.492 e. The molecule has 78 valence electrons. The zero-order valence-corrected chi connectivity index (χ0v) is 10.4. The van der Waals surface area contributed by atoms with Crippen LogP contribution in [-0.2, 0) is 9.84 Å². The average Bonchev–Trinajstić information content (AvgIpc) is 2.02. The Morgan fingerprint density at radius 1 is 1.43 bits per heavy atom. The summed E-state index contributed by atoms with van der Waals surface area (Å²) in [5.74, 6) is 0.393. The van der Waals surface area contributed by atoms with Gasteiger partial charge in [0, 0.05) is 10.7 Å². The largest absolute Gasteiger partial charge is 0.492 e.